The number of carbonyl (C=O) groups excluding carboxylic acids is 1. The molecule has 4 rings (SSSR count). The first-order valence-corrected chi connectivity index (χ1v) is 8.40. The molecule has 0 bridgehead atoms. The van der Waals surface area contributed by atoms with Gasteiger partial charge in [-0.15, -0.1) is 0 Å². The smallest absolute Gasteiger partial charge is 0.233 e. The third-order valence-corrected chi connectivity index (χ3v) is 5.27. The number of hydrogen-bond donors (Lipinski definition) is 0. The van der Waals surface area contributed by atoms with E-state index in [2.05, 4.69) is 27.0 Å². The maximum absolute atomic E-state index is 13.0. The van der Waals surface area contributed by atoms with Crippen LogP contribution in [0.1, 0.15) is 42.9 Å². The molecule has 0 N–H and O–H groups in total. The first-order valence-electron chi connectivity index (χ1n) is 8.40. The van der Waals surface area contributed by atoms with Crippen molar-refractivity contribution < 1.29 is 4.79 Å². The van der Waals surface area contributed by atoms with Gasteiger partial charge in [0.15, 0.2) is 0 Å². The number of aromatic nitrogens is 2. The van der Waals surface area contributed by atoms with Gasteiger partial charge in [-0.1, -0.05) is 30.3 Å². The summed E-state index contributed by atoms with van der Waals surface area (Å²) in [5, 5.41) is 0. The minimum Gasteiger partial charge on any atom is -0.342 e. The van der Waals surface area contributed by atoms with Crippen molar-refractivity contribution in [1.82, 2.24) is 14.9 Å². The largest absolute Gasteiger partial charge is 0.342 e. The zero-order valence-corrected chi connectivity index (χ0v) is 13.2. The second-order valence-electron chi connectivity index (χ2n) is 6.64. The summed E-state index contributed by atoms with van der Waals surface area (Å²) in [6.07, 6.45) is 9.25. The van der Waals surface area contributed by atoms with Crippen molar-refractivity contribution in [3.05, 3.63) is 60.2 Å². The molecule has 1 amide bonds. The number of amides is 1. The molecule has 4 nitrogen and oxygen atoms in total. The minimum absolute atomic E-state index is 0.235. The molecule has 2 aromatic rings. The predicted molar refractivity (Wildman–Crippen MR) is 87.9 cm³/mol. The maximum Gasteiger partial charge on any atom is 0.233 e. The molecule has 0 radical (unpaired) electrons. The highest BCUT2D eigenvalue weighted by Crippen LogP contribution is 2.50. The number of carbonyl (C=O) groups is 1. The van der Waals surface area contributed by atoms with Gasteiger partial charge in [0.25, 0.3) is 0 Å². The lowest BCUT2D eigenvalue weighted by molar-refractivity contribution is -0.135. The van der Waals surface area contributed by atoms with E-state index in [0.29, 0.717) is 11.8 Å². The molecule has 1 aliphatic heterocycles. The quantitative estimate of drug-likeness (QED) is 0.876. The molecule has 2 heterocycles. The van der Waals surface area contributed by atoms with Crippen LogP contribution in [0.3, 0.4) is 0 Å². The third kappa shape index (κ3) is 2.62. The van der Waals surface area contributed by atoms with Gasteiger partial charge in [-0.25, -0.2) is 0 Å². The van der Waals surface area contributed by atoms with E-state index in [0.717, 1.165) is 44.5 Å². The SMILES string of the molecule is O=C(N1CCC(c2cnccn2)CC1)C1(c2ccccc2)CC1. The highest BCUT2D eigenvalue weighted by atomic mass is 16.2. The van der Waals surface area contributed by atoms with Crippen LogP contribution in [-0.2, 0) is 10.2 Å². The van der Waals surface area contributed by atoms with Gasteiger partial charge in [-0.05, 0) is 31.2 Å². The highest BCUT2D eigenvalue weighted by molar-refractivity contribution is 5.91. The number of piperidine rings is 1. The van der Waals surface area contributed by atoms with Gasteiger partial charge in [0, 0.05) is 37.6 Å². The molecule has 23 heavy (non-hydrogen) atoms. The Morgan fingerprint density at radius 2 is 1.83 bits per heavy atom. The van der Waals surface area contributed by atoms with E-state index in [-0.39, 0.29) is 5.41 Å². The van der Waals surface area contributed by atoms with Crippen LogP contribution in [0.4, 0.5) is 0 Å². The maximum atomic E-state index is 13.0. The van der Waals surface area contributed by atoms with Crippen molar-refractivity contribution in [3.63, 3.8) is 0 Å². The Labute approximate surface area is 136 Å². The van der Waals surface area contributed by atoms with Crippen molar-refractivity contribution in [1.29, 1.82) is 0 Å². The zero-order valence-electron chi connectivity index (χ0n) is 13.2. The lowest BCUT2D eigenvalue weighted by atomic mass is 9.90. The summed E-state index contributed by atoms with van der Waals surface area (Å²) in [5.41, 5.74) is 2.01. The third-order valence-electron chi connectivity index (χ3n) is 5.27. The van der Waals surface area contributed by atoms with E-state index >= 15 is 0 Å². The number of nitrogens with zero attached hydrogens (tertiary/aromatic N) is 3. The molecule has 1 aromatic heterocycles. The van der Waals surface area contributed by atoms with Crippen molar-refractivity contribution in [2.45, 2.75) is 37.0 Å². The Balaban J connectivity index is 1.44. The van der Waals surface area contributed by atoms with E-state index in [1.165, 1.54) is 5.56 Å². The summed E-state index contributed by atoms with van der Waals surface area (Å²) in [6.45, 7) is 1.66. The lowest BCUT2D eigenvalue weighted by Gasteiger charge is -2.34. The second-order valence-corrected chi connectivity index (χ2v) is 6.64. The van der Waals surface area contributed by atoms with Crippen molar-refractivity contribution in [2.24, 2.45) is 0 Å². The molecule has 1 aliphatic carbocycles. The molecule has 0 unspecified atom stereocenters. The second kappa shape index (κ2) is 5.76. The van der Waals surface area contributed by atoms with Crippen molar-refractivity contribution in [3.8, 4) is 0 Å². The van der Waals surface area contributed by atoms with E-state index in [1.807, 2.05) is 24.4 Å². The molecule has 1 aromatic carbocycles. The number of benzene rings is 1. The van der Waals surface area contributed by atoms with Crippen LogP contribution < -0.4 is 0 Å². The Morgan fingerprint density at radius 1 is 1.09 bits per heavy atom. The number of likely N-dealkylation sites (tertiary alicyclic amines) is 1. The molecule has 2 fully saturated rings. The number of hydrogen-bond acceptors (Lipinski definition) is 3. The summed E-state index contributed by atoms with van der Waals surface area (Å²) < 4.78 is 0. The van der Waals surface area contributed by atoms with Crippen LogP contribution in [0, 0.1) is 0 Å². The van der Waals surface area contributed by atoms with Crippen molar-refractivity contribution in [2.75, 3.05) is 13.1 Å². The summed E-state index contributed by atoms with van der Waals surface area (Å²) in [6, 6.07) is 10.3. The molecular formula is C19H21N3O. The fourth-order valence-electron chi connectivity index (χ4n) is 3.71. The fourth-order valence-corrected chi connectivity index (χ4v) is 3.71. The standard InChI is InChI=1S/C19H21N3O/c23-18(19(8-9-19)16-4-2-1-3-5-16)22-12-6-15(7-13-22)17-14-20-10-11-21-17/h1-5,10-11,14-15H,6-9,12-13H2. The van der Waals surface area contributed by atoms with Gasteiger partial charge in [0.05, 0.1) is 11.1 Å². The highest BCUT2D eigenvalue weighted by Gasteiger charge is 2.53. The molecular weight excluding hydrogens is 286 g/mol. The molecule has 118 valence electrons. The summed E-state index contributed by atoms with van der Waals surface area (Å²) in [7, 11) is 0. The normalized spacial score (nSPS) is 20.3. The van der Waals surface area contributed by atoms with Gasteiger partial charge in [-0.3, -0.25) is 14.8 Å². The van der Waals surface area contributed by atoms with Gasteiger partial charge < -0.3 is 4.90 Å². The summed E-state index contributed by atoms with van der Waals surface area (Å²) in [5.74, 6) is 0.751. The summed E-state index contributed by atoms with van der Waals surface area (Å²) >= 11 is 0. The van der Waals surface area contributed by atoms with Gasteiger partial charge in [0.1, 0.15) is 0 Å². The topological polar surface area (TPSA) is 46.1 Å². The van der Waals surface area contributed by atoms with Crippen LogP contribution >= 0.6 is 0 Å². The average Bonchev–Trinajstić information content (AvgIpc) is 3.45. The van der Waals surface area contributed by atoms with E-state index in [9.17, 15) is 4.79 Å². The van der Waals surface area contributed by atoms with E-state index in [4.69, 9.17) is 0 Å². The Bertz CT molecular complexity index is 674. The molecule has 0 spiro atoms. The zero-order chi connectivity index (χ0) is 15.7. The van der Waals surface area contributed by atoms with Gasteiger partial charge in [0.2, 0.25) is 5.91 Å². The van der Waals surface area contributed by atoms with Gasteiger partial charge >= 0.3 is 0 Å². The average molecular weight is 307 g/mol. The predicted octanol–water partition coefficient (Wildman–Crippen LogP) is 2.91. The van der Waals surface area contributed by atoms with Crippen LogP contribution in [-0.4, -0.2) is 33.9 Å². The van der Waals surface area contributed by atoms with Crippen LogP contribution in [0.15, 0.2) is 48.9 Å². The lowest BCUT2D eigenvalue weighted by Crippen LogP contribution is -2.43. The molecule has 2 aliphatic rings. The molecule has 1 saturated heterocycles. The Morgan fingerprint density at radius 3 is 2.43 bits per heavy atom. The Kier molecular flexibility index (Phi) is 3.60. The van der Waals surface area contributed by atoms with Crippen LogP contribution in [0.2, 0.25) is 0 Å². The van der Waals surface area contributed by atoms with Crippen LogP contribution in [0.5, 0.6) is 0 Å². The first-order chi connectivity index (χ1) is 11.3. The van der Waals surface area contributed by atoms with Crippen LogP contribution in [0.25, 0.3) is 0 Å². The van der Waals surface area contributed by atoms with Crippen molar-refractivity contribution >= 4 is 5.91 Å². The minimum atomic E-state index is -0.235. The number of rotatable bonds is 3. The van der Waals surface area contributed by atoms with Gasteiger partial charge in [-0.2, -0.15) is 0 Å². The fraction of sp³-hybridized carbons (Fsp3) is 0.421. The molecule has 1 saturated carbocycles. The first kappa shape index (κ1) is 14.4. The molecule has 0 atom stereocenters. The van der Waals surface area contributed by atoms with E-state index < -0.39 is 0 Å². The monoisotopic (exact) mass is 307 g/mol. The molecule has 4 heteroatoms. The summed E-state index contributed by atoms with van der Waals surface area (Å²) in [4.78, 5) is 23.7. The Hall–Kier alpha value is -2.23. The van der Waals surface area contributed by atoms with E-state index in [1.54, 1.807) is 12.4 Å².